The fourth-order valence-corrected chi connectivity index (χ4v) is 1.98. The van der Waals surface area contributed by atoms with Gasteiger partial charge in [-0.2, -0.15) is 0 Å². The molecule has 3 nitrogen and oxygen atoms in total. The molecule has 0 aliphatic carbocycles. The second-order valence-corrected chi connectivity index (χ2v) is 3.98. The second-order valence-electron chi connectivity index (χ2n) is 3.98. The van der Waals surface area contributed by atoms with Crippen molar-refractivity contribution in [3.63, 3.8) is 0 Å². The lowest BCUT2D eigenvalue weighted by atomic mass is 9.98. The van der Waals surface area contributed by atoms with Crippen molar-refractivity contribution in [3.05, 3.63) is 34.9 Å². The van der Waals surface area contributed by atoms with Gasteiger partial charge in [0.2, 0.25) is 0 Å². The summed E-state index contributed by atoms with van der Waals surface area (Å²) in [4.78, 5) is 0. The van der Waals surface area contributed by atoms with E-state index in [2.05, 4.69) is 29.5 Å². The van der Waals surface area contributed by atoms with Crippen LogP contribution in [0, 0.1) is 12.3 Å². The van der Waals surface area contributed by atoms with Gasteiger partial charge in [-0.1, -0.05) is 18.2 Å². The molecule has 1 aromatic carbocycles. The van der Waals surface area contributed by atoms with Crippen molar-refractivity contribution in [2.24, 2.45) is 5.84 Å². The van der Waals surface area contributed by atoms with Crippen LogP contribution in [0.5, 0.6) is 0 Å². The predicted octanol–water partition coefficient (Wildman–Crippen LogP) is 1.63. The fraction of sp³-hybridized carbons (Fsp3) is 0.385. The third kappa shape index (κ3) is 2.25. The molecule has 0 aromatic heterocycles. The molecule has 3 N–H and O–H groups in total. The number of hydrogen-bond donors (Lipinski definition) is 2. The van der Waals surface area contributed by atoms with E-state index in [1.54, 1.807) is 0 Å². The van der Waals surface area contributed by atoms with E-state index in [0.29, 0.717) is 6.61 Å². The largest absolute Gasteiger partial charge is 0.372 e. The van der Waals surface area contributed by atoms with Gasteiger partial charge >= 0.3 is 0 Å². The summed E-state index contributed by atoms with van der Waals surface area (Å²) in [5, 5.41) is 0. The number of fused-ring (bicyclic) bond motifs is 1. The second kappa shape index (κ2) is 5.13. The maximum Gasteiger partial charge on any atom is 0.0725 e. The molecule has 3 heteroatoms. The number of ether oxygens (including phenoxy) is 1. The van der Waals surface area contributed by atoms with Crippen LogP contribution >= 0.6 is 0 Å². The Morgan fingerprint density at radius 3 is 3.00 bits per heavy atom. The highest BCUT2D eigenvalue weighted by Gasteiger charge is 2.15. The summed E-state index contributed by atoms with van der Waals surface area (Å²) in [5.41, 5.74) is 6.53. The third-order valence-corrected chi connectivity index (χ3v) is 2.93. The maximum absolute atomic E-state index is 5.54. The van der Waals surface area contributed by atoms with E-state index in [1.165, 1.54) is 16.7 Å². The van der Waals surface area contributed by atoms with Crippen molar-refractivity contribution in [1.82, 2.24) is 5.43 Å². The van der Waals surface area contributed by atoms with Crippen molar-refractivity contribution in [2.45, 2.75) is 32.1 Å². The number of nitrogens with one attached hydrogen (secondary N) is 1. The third-order valence-electron chi connectivity index (χ3n) is 2.93. The molecular weight excluding hydrogens is 200 g/mol. The first kappa shape index (κ1) is 11.2. The van der Waals surface area contributed by atoms with Crippen LogP contribution in [0.3, 0.4) is 0 Å². The Balaban J connectivity index is 2.16. The highest BCUT2D eigenvalue weighted by atomic mass is 16.5. The number of rotatable bonds is 4. The van der Waals surface area contributed by atoms with Crippen LogP contribution in [-0.4, -0.2) is 0 Å². The van der Waals surface area contributed by atoms with Crippen LogP contribution in [-0.2, 0) is 18.0 Å². The van der Waals surface area contributed by atoms with E-state index in [4.69, 9.17) is 17.0 Å². The molecule has 0 fully saturated rings. The topological polar surface area (TPSA) is 47.3 Å². The zero-order valence-electron chi connectivity index (χ0n) is 9.20. The minimum Gasteiger partial charge on any atom is -0.372 e. The lowest BCUT2D eigenvalue weighted by Gasteiger charge is -2.15. The zero-order chi connectivity index (χ0) is 11.4. The van der Waals surface area contributed by atoms with E-state index in [1.807, 2.05) is 0 Å². The van der Waals surface area contributed by atoms with Gasteiger partial charge in [0.15, 0.2) is 0 Å². The van der Waals surface area contributed by atoms with Gasteiger partial charge < -0.3 is 4.74 Å². The molecule has 84 valence electrons. The molecule has 0 radical (unpaired) electrons. The standard InChI is InChI=1S/C13H16N2O/c1-2-3-4-13(15-14)10-5-6-11-8-16-9-12(11)7-10/h1,5-7,13,15H,3-4,8-9,14H2. The number of nitrogens with two attached hydrogens (primary N) is 1. The minimum atomic E-state index is 0.127. The van der Waals surface area contributed by atoms with Gasteiger partial charge in [-0.3, -0.25) is 11.3 Å². The van der Waals surface area contributed by atoms with E-state index in [9.17, 15) is 0 Å². The van der Waals surface area contributed by atoms with E-state index in [-0.39, 0.29) is 6.04 Å². The van der Waals surface area contributed by atoms with Gasteiger partial charge in [-0.25, -0.2) is 0 Å². The van der Waals surface area contributed by atoms with E-state index < -0.39 is 0 Å². The summed E-state index contributed by atoms with van der Waals surface area (Å²) in [6.07, 6.45) is 6.84. The zero-order valence-corrected chi connectivity index (χ0v) is 9.20. The van der Waals surface area contributed by atoms with Crippen molar-refractivity contribution in [2.75, 3.05) is 0 Å². The molecule has 1 unspecified atom stereocenters. The molecule has 0 amide bonds. The van der Waals surface area contributed by atoms with Gasteiger partial charge in [-0.05, 0) is 23.1 Å². The molecule has 1 heterocycles. The fourth-order valence-electron chi connectivity index (χ4n) is 1.98. The maximum atomic E-state index is 5.54. The molecule has 0 saturated heterocycles. The van der Waals surface area contributed by atoms with Crippen molar-refractivity contribution in [1.29, 1.82) is 0 Å². The van der Waals surface area contributed by atoms with Crippen molar-refractivity contribution >= 4 is 0 Å². The van der Waals surface area contributed by atoms with Gasteiger partial charge in [0, 0.05) is 12.5 Å². The van der Waals surface area contributed by atoms with E-state index >= 15 is 0 Å². The average molecular weight is 216 g/mol. The lowest BCUT2D eigenvalue weighted by Crippen LogP contribution is -2.28. The van der Waals surface area contributed by atoms with Gasteiger partial charge in [0.05, 0.1) is 13.2 Å². The quantitative estimate of drug-likeness (QED) is 0.457. The monoisotopic (exact) mass is 216 g/mol. The molecule has 16 heavy (non-hydrogen) atoms. The summed E-state index contributed by atoms with van der Waals surface area (Å²) < 4.78 is 5.38. The minimum absolute atomic E-state index is 0.127. The SMILES string of the molecule is C#CCCC(NN)c1ccc2c(c1)COC2. The van der Waals surface area contributed by atoms with Crippen LogP contribution in [0.1, 0.15) is 35.6 Å². The summed E-state index contributed by atoms with van der Waals surface area (Å²) in [7, 11) is 0. The molecule has 0 bridgehead atoms. The molecule has 0 spiro atoms. The van der Waals surface area contributed by atoms with Crippen LogP contribution in [0.2, 0.25) is 0 Å². The Labute approximate surface area is 96.0 Å². The van der Waals surface area contributed by atoms with Crippen LogP contribution in [0.4, 0.5) is 0 Å². The Morgan fingerprint density at radius 2 is 2.25 bits per heavy atom. The van der Waals surface area contributed by atoms with Crippen molar-refractivity contribution < 1.29 is 4.74 Å². The van der Waals surface area contributed by atoms with Gasteiger partial charge in [0.1, 0.15) is 0 Å². The first-order valence-electron chi connectivity index (χ1n) is 5.44. The smallest absolute Gasteiger partial charge is 0.0725 e. The molecule has 1 atom stereocenters. The van der Waals surface area contributed by atoms with Crippen LogP contribution in [0.25, 0.3) is 0 Å². The molecule has 0 saturated carbocycles. The average Bonchev–Trinajstić information content (AvgIpc) is 2.77. The Bertz CT molecular complexity index is 409. The predicted molar refractivity (Wildman–Crippen MR) is 63.1 cm³/mol. The molecular formula is C13H16N2O. The highest BCUT2D eigenvalue weighted by molar-refractivity contribution is 5.34. The van der Waals surface area contributed by atoms with E-state index in [0.717, 1.165) is 19.4 Å². The first-order valence-corrected chi connectivity index (χ1v) is 5.44. The first-order chi connectivity index (χ1) is 7.85. The number of hydrazine groups is 1. The van der Waals surface area contributed by atoms with Crippen LogP contribution < -0.4 is 11.3 Å². The Kier molecular flexibility index (Phi) is 3.58. The number of benzene rings is 1. The normalized spacial score (nSPS) is 15.5. The summed E-state index contributed by atoms with van der Waals surface area (Å²) in [5.74, 6) is 8.18. The Morgan fingerprint density at radius 1 is 1.44 bits per heavy atom. The van der Waals surface area contributed by atoms with Crippen molar-refractivity contribution in [3.8, 4) is 12.3 Å². The highest BCUT2D eigenvalue weighted by Crippen LogP contribution is 2.25. The Hall–Kier alpha value is -1.34. The molecule has 2 rings (SSSR count). The molecule has 1 aromatic rings. The molecule has 1 aliphatic rings. The van der Waals surface area contributed by atoms with Crippen LogP contribution in [0.15, 0.2) is 18.2 Å². The summed E-state index contributed by atoms with van der Waals surface area (Å²) in [6.45, 7) is 1.43. The number of terminal acetylenes is 1. The van der Waals surface area contributed by atoms with Gasteiger partial charge in [-0.15, -0.1) is 12.3 Å². The molecule has 1 aliphatic heterocycles. The summed E-state index contributed by atoms with van der Waals surface area (Å²) >= 11 is 0. The summed E-state index contributed by atoms with van der Waals surface area (Å²) in [6, 6.07) is 6.48. The lowest BCUT2D eigenvalue weighted by molar-refractivity contribution is 0.134. The number of hydrogen-bond acceptors (Lipinski definition) is 3. The van der Waals surface area contributed by atoms with Gasteiger partial charge in [0.25, 0.3) is 0 Å².